The Balaban J connectivity index is 2.88. The third-order valence-electron chi connectivity index (χ3n) is 1.73. The van der Waals surface area contributed by atoms with Gasteiger partial charge in [0.1, 0.15) is 5.75 Å². The normalized spacial score (nSPS) is 12.2. The first kappa shape index (κ1) is 10.0. The van der Waals surface area contributed by atoms with Crippen LogP contribution in [0.2, 0.25) is 0 Å². The summed E-state index contributed by atoms with van der Waals surface area (Å²) in [5.41, 5.74) is 5.71. The van der Waals surface area contributed by atoms with Gasteiger partial charge in [-0.05, 0) is 13.8 Å². The second kappa shape index (κ2) is 3.37. The van der Waals surface area contributed by atoms with Crippen LogP contribution in [0, 0.1) is 0 Å². The van der Waals surface area contributed by atoms with Gasteiger partial charge in [0.25, 0.3) is 0 Å². The summed E-state index contributed by atoms with van der Waals surface area (Å²) in [6.07, 6.45) is 1.30. The number of nitrogens with two attached hydrogens (primary N) is 1. The Morgan fingerprint density at radius 2 is 2.23 bits per heavy atom. The Labute approximate surface area is 76.8 Å². The van der Waals surface area contributed by atoms with E-state index in [0.29, 0.717) is 0 Å². The predicted octanol–water partition coefficient (Wildman–Crippen LogP) is 0.580. The molecule has 0 spiro atoms. The van der Waals surface area contributed by atoms with Gasteiger partial charge in [0.15, 0.2) is 15.6 Å². The topological polar surface area (TPSA) is 86.2 Å². The SMILES string of the molecule is CC(C)S(=O)(=O)Cc1oncc1N. The largest absolute Gasteiger partial charge is 0.395 e. The van der Waals surface area contributed by atoms with E-state index in [4.69, 9.17) is 10.3 Å². The molecule has 0 saturated carbocycles. The van der Waals surface area contributed by atoms with E-state index in [9.17, 15) is 8.42 Å². The number of anilines is 1. The minimum absolute atomic E-state index is 0.184. The third-order valence-corrected chi connectivity index (χ3v) is 3.83. The van der Waals surface area contributed by atoms with Crippen LogP contribution in [0.1, 0.15) is 19.6 Å². The van der Waals surface area contributed by atoms with Crippen LogP contribution in [0.15, 0.2) is 10.7 Å². The summed E-state index contributed by atoms with van der Waals surface area (Å²) in [7, 11) is -3.16. The number of rotatable bonds is 3. The second-order valence-corrected chi connectivity index (χ2v) is 5.62. The Bertz CT molecular complexity index is 380. The highest BCUT2D eigenvalue weighted by molar-refractivity contribution is 7.91. The van der Waals surface area contributed by atoms with Gasteiger partial charge in [-0.2, -0.15) is 0 Å². The molecule has 1 aromatic rings. The van der Waals surface area contributed by atoms with Crippen molar-refractivity contribution < 1.29 is 12.9 Å². The molecule has 0 aromatic carbocycles. The van der Waals surface area contributed by atoms with Gasteiger partial charge in [-0.1, -0.05) is 5.16 Å². The molecule has 0 amide bonds. The van der Waals surface area contributed by atoms with Gasteiger partial charge in [-0.3, -0.25) is 0 Å². The average Bonchev–Trinajstić information content (AvgIpc) is 2.35. The Morgan fingerprint density at radius 1 is 1.62 bits per heavy atom. The maximum Gasteiger partial charge on any atom is 0.174 e. The second-order valence-electron chi connectivity index (χ2n) is 3.06. The monoisotopic (exact) mass is 204 g/mol. The zero-order valence-electron chi connectivity index (χ0n) is 7.52. The molecule has 0 aliphatic rings. The lowest BCUT2D eigenvalue weighted by Crippen LogP contribution is -2.16. The summed E-state index contributed by atoms with van der Waals surface area (Å²) in [4.78, 5) is 0. The summed E-state index contributed by atoms with van der Waals surface area (Å²) in [6.45, 7) is 3.23. The van der Waals surface area contributed by atoms with Crippen molar-refractivity contribution in [1.29, 1.82) is 0 Å². The number of aromatic nitrogens is 1. The molecule has 1 heterocycles. The number of hydrogen-bond acceptors (Lipinski definition) is 5. The molecule has 0 aliphatic carbocycles. The first-order valence-electron chi connectivity index (χ1n) is 3.84. The van der Waals surface area contributed by atoms with Crippen LogP contribution in [0.25, 0.3) is 0 Å². The Kier molecular flexibility index (Phi) is 2.60. The van der Waals surface area contributed by atoms with Crippen LogP contribution in [-0.2, 0) is 15.6 Å². The molecule has 6 heteroatoms. The smallest absolute Gasteiger partial charge is 0.174 e. The molecule has 0 saturated heterocycles. The molecule has 0 atom stereocenters. The van der Waals surface area contributed by atoms with E-state index < -0.39 is 15.1 Å². The van der Waals surface area contributed by atoms with E-state index in [1.165, 1.54) is 6.20 Å². The van der Waals surface area contributed by atoms with Gasteiger partial charge < -0.3 is 10.3 Å². The third kappa shape index (κ3) is 2.21. The van der Waals surface area contributed by atoms with Gasteiger partial charge in [-0.25, -0.2) is 8.42 Å². The van der Waals surface area contributed by atoms with Gasteiger partial charge >= 0.3 is 0 Å². The zero-order valence-corrected chi connectivity index (χ0v) is 8.34. The van der Waals surface area contributed by atoms with Gasteiger partial charge in [0, 0.05) is 0 Å². The highest BCUT2D eigenvalue weighted by atomic mass is 32.2. The lowest BCUT2D eigenvalue weighted by molar-refractivity contribution is 0.393. The molecule has 0 bridgehead atoms. The van der Waals surface area contributed by atoms with Gasteiger partial charge in [-0.15, -0.1) is 0 Å². The first-order valence-corrected chi connectivity index (χ1v) is 5.55. The van der Waals surface area contributed by atoms with Crippen molar-refractivity contribution in [2.75, 3.05) is 5.73 Å². The molecule has 0 radical (unpaired) electrons. The molecule has 0 fully saturated rings. The average molecular weight is 204 g/mol. The van der Waals surface area contributed by atoms with Crippen LogP contribution in [-0.4, -0.2) is 18.8 Å². The highest BCUT2D eigenvalue weighted by Crippen LogP contribution is 2.16. The van der Waals surface area contributed by atoms with Crippen molar-refractivity contribution in [3.63, 3.8) is 0 Å². The summed E-state index contributed by atoms with van der Waals surface area (Å²) < 4.78 is 27.5. The van der Waals surface area contributed by atoms with Crippen molar-refractivity contribution in [3.05, 3.63) is 12.0 Å². The van der Waals surface area contributed by atoms with Crippen LogP contribution in [0.4, 0.5) is 5.69 Å². The lowest BCUT2D eigenvalue weighted by atomic mass is 10.4. The van der Waals surface area contributed by atoms with E-state index >= 15 is 0 Å². The van der Waals surface area contributed by atoms with Gasteiger partial charge in [0.05, 0.1) is 17.1 Å². The Morgan fingerprint density at radius 3 is 2.62 bits per heavy atom. The fourth-order valence-corrected chi connectivity index (χ4v) is 1.65. The summed E-state index contributed by atoms with van der Waals surface area (Å²) in [5.74, 6) is 0.0324. The van der Waals surface area contributed by atoms with Crippen LogP contribution in [0.3, 0.4) is 0 Å². The van der Waals surface area contributed by atoms with E-state index in [2.05, 4.69) is 5.16 Å². The molecule has 1 rings (SSSR count). The summed E-state index contributed by atoms with van der Waals surface area (Å²) >= 11 is 0. The first-order chi connectivity index (χ1) is 5.93. The molecule has 1 aromatic heterocycles. The number of nitrogen functional groups attached to an aromatic ring is 1. The predicted molar refractivity (Wildman–Crippen MR) is 48.7 cm³/mol. The van der Waals surface area contributed by atoms with Crippen molar-refractivity contribution in [2.45, 2.75) is 24.9 Å². The quantitative estimate of drug-likeness (QED) is 0.778. The summed E-state index contributed by atoms with van der Waals surface area (Å²) in [5, 5.41) is 2.97. The molecule has 0 aliphatic heterocycles. The van der Waals surface area contributed by atoms with Crippen molar-refractivity contribution in [1.82, 2.24) is 5.16 Å². The maximum atomic E-state index is 11.4. The van der Waals surface area contributed by atoms with E-state index in [1.807, 2.05) is 0 Å². The fraction of sp³-hybridized carbons (Fsp3) is 0.571. The van der Waals surface area contributed by atoms with E-state index in [0.717, 1.165) is 0 Å². The molecule has 2 N–H and O–H groups in total. The van der Waals surface area contributed by atoms with E-state index in [1.54, 1.807) is 13.8 Å². The number of sulfone groups is 1. The summed E-state index contributed by atoms with van der Waals surface area (Å²) in [6, 6.07) is 0. The van der Waals surface area contributed by atoms with Crippen LogP contribution >= 0.6 is 0 Å². The van der Waals surface area contributed by atoms with Gasteiger partial charge in [0.2, 0.25) is 0 Å². The number of hydrogen-bond donors (Lipinski definition) is 1. The van der Waals surface area contributed by atoms with Crippen molar-refractivity contribution >= 4 is 15.5 Å². The van der Waals surface area contributed by atoms with Crippen molar-refractivity contribution in [3.8, 4) is 0 Å². The molecular weight excluding hydrogens is 192 g/mol. The molecule has 5 nitrogen and oxygen atoms in total. The standard InChI is InChI=1S/C7H12N2O3S/c1-5(2)13(10,11)4-7-6(8)3-9-12-7/h3,5H,4,8H2,1-2H3. The molecule has 0 unspecified atom stereocenters. The lowest BCUT2D eigenvalue weighted by Gasteiger charge is -2.04. The fourth-order valence-electron chi connectivity index (χ4n) is 0.731. The Hall–Kier alpha value is -1.04. The van der Waals surface area contributed by atoms with Crippen LogP contribution in [0.5, 0.6) is 0 Å². The molecule has 13 heavy (non-hydrogen) atoms. The highest BCUT2D eigenvalue weighted by Gasteiger charge is 2.20. The minimum atomic E-state index is -3.16. The van der Waals surface area contributed by atoms with Crippen molar-refractivity contribution in [2.24, 2.45) is 0 Å². The number of nitrogens with zero attached hydrogens (tertiary/aromatic N) is 1. The minimum Gasteiger partial charge on any atom is -0.395 e. The van der Waals surface area contributed by atoms with E-state index in [-0.39, 0.29) is 17.2 Å². The zero-order chi connectivity index (χ0) is 10.1. The molecular formula is C7H12N2O3S. The van der Waals surface area contributed by atoms with Crippen LogP contribution < -0.4 is 5.73 Å². The maximum absolute atomic E-state index is 11.4. The molecule has 74 valence electrons.